The van der Waals surface area contributed by atoms with Crippen LogP contribution in [-0.2, 0) is 17.2 Å². The Bertz CT molecular complexity index is 593. The van der Waals surface area contributed by atoms with Crippen LogP contribution in [-0.4, -0.2) is 34.4 Å². The molecule has 0 spiro atoms. The number of methoxy groups -OCH3 is 1. The SMILES string of the molecule is COc1ccc2nc(CCl)n(CCC3CCCO3)c2n1. The molecular formula is C14H18ClN3O2. The Morgan fingerprint density at radius 2 is 2.35 bits per heavy atom. The van der Waals surface area contributed by atoms with Crippen LogP contribution < -0.4 is 4.74 Å². The van der Waals surface area contributed by atoms with Gasteiger partial charge in [-0.15, -0.1) is 11.6 Å². The molecule has 2 aromatic rings. The van der Waals surface area contributed by atoms with Gasteiger partial charge in [0.15, 0.2) is 5.65 Å². The van der Waals surface area contributed by atoms with Gasteiger partial charge >= 0.3 is 0 Å². The first-order valence-electron chi connectivity index (χ1n) is 6.89. The molecule has 0 radical (unpaired) electrons. The van der Waals surface area contributed by atoms with Crippen LogP contribution in [0.2, 0.25) is 0 Å². The molecule has 0 N–H and O–H groups in total. The third kappa shape index (κ3) is 2.60. The fraction of sp³-hybridized carbons (Fsp3) is 0.571. The second-order valence-corrected chi connectivity index (χ2v) is 5.20. The van der Waals surface area contributed by atoms with Crippen molar-refractivity contribution in [3.05, 3.63) is 18.0 Å². The van der Waals surface area contributed by atoms with E-state index >= 15 is 0 Å². The van der Waals surface area contributed by atoms with Crippen LogP contribution in [0.15, 0.2) is 12.1 Å². The van der Waals surface area contributed by atoms with Crippen molar-refractivity contribution in [1.82, 2.24) is 14.5 Å². The minimum Gasteiger partial charge on any atom is -0.481 e. The zero-order chi connectivity index (χ0) is 13.9. The van der Waals surface area contributed by atoms with E-state index in [2.05, 4.69) is 14.5 Å². The predicted octanol–water partition coefficient (Wildman–Crippen LogP) is 2.75. The lowest BCUT2D eigenvalue weighted by molar-refractivity contribution is 0.100. The maximum absolute atomic E-state index is 6.00. The van der Waals surface area contributed by atoms with E-state index in [0.717, 1.165) is 49.4 Å². The van der Waals surface area contributed by atoms with Crippen LogP contribution in [0.1, 0.15) is 25.1 Å². The summed E-state index contributed by atoms with van der Waals surface area (Å²) < 4.78 is 12.9. The third-order valence-corrected chi connectivity index (χ3v) is 3.91. The van der Waals surface area contributed by atoms with Crippen LogP contribution in [0.4, 0.5) is 0 Å². The van der Waals surface area contributed by atoms with Crippen molar-refractivity contribution in [2.45, 2.75) is 37.8 Å². The van der Waals surface area contributed by atoms with Crippen molar-refractivity contribution >= 4 is 22.8 Å². The fourth-order valence-corrected chi connectivity index (χ4v) is 2.83. The van der Waals surface area contributed by atoms with Crippen LogP contribution in [0, 0.1) is 0 Å². The average molecular weight is 296 g/mol. The summed E-state index contributed by atoms with van der Waals surface area (Å²) in [5, 5.41) is 0. The molecule has 0 bridgehead atoms. The van der Waals surface area contributed by atoms with E-state index in [9.17, 15) is 0 Å². The zero-order valence-corrected chi connectivity index (χ0v) is 12.3. The van der Waals surface area contributed by atoms with Crippen molar-refractivity contribution in [2.24, 2.45) is 0 Å². The Kier molecular flexibility index (Phi) is 4.08. The van der Waals surface area contributed by atoms with Crippen molar-refractivity contribution < 1.29 is 9.47 Å². The molecule has 1 atom stereocenters. The summed E-state index contributed by atoms with van der Waals surface area (Å²) in [5.74, 6) is 1.82. The number of alkyl halides is 1. The van der Waals surface area contributed by atoms with Gasteiger partial charge in [0.2, 0.25) is 5.88 Å². The maximum Gasteiger partial charge on any atom is 0.215 e. The first kappa shape index (κ1) is 13.6. The molecule has 0 amide bonds. The monoisotopic (exact) mass is 295 g/mol. The smallest absolute Gasteiger partial charge is 0.215 e. The lowest BCUT2D eigenvalue weighted by Crippen LogP contribution is -2.12. The summed E-state index contributed by atoms with van der Waals surface area (Å²) in [5.41, 5.74) is 1.69. The predicted molar refractivity (Wildman–Crippen MR) is 77.2 cm³/mol. The maximum atomic E-state index is 6.00. The van der Waals surface area contributed by atoms with Gasteiger partial charge in [-0.2, -0.15) is 4.98 Å². The molecule has 0 aliphatic carbocycles. The zero-order valence-electron chi connectivity index (χ0n) is 11.5. The number of ether oxygens (including phenoxy) is 2. The minimum atomic E-state index is 0.348. The molecule has 1 aliphatic heterocycles. The highest BCUT2D eigenvalue weighted by molar-refractivity contribution is 6.16. The molecule has 1 unspecified atom stereocenters. The number of fused-ring (bicyclic) bond motifs is 1. The molecule has 1 aliphatic rings. The summed E-state index contributed by atoms with van der Waals surface area (Å²) in [6.45, 7) is 1.70. The minimum absolute atomic E-state index is 0.348. The number of aryl methyl sites for hydroxylation is 1. The number of imidazole rings is 1. The van der Waals surface area contributed by atoms with Crippen LogP contribution in [0.3, 0.4) is 0 Å². The standard InChI is InChI=1S/C14H18ClN3O2/c1-19-13-5-4-11-14(17-13)18(12(9-15)16-11)7-6-10-3-2-8-20-10/h4-5,10H,2-3,6-9H2,1H3. The van der Waals surface area contributed by atoms with Crippen LogP contribution >= 0.6 is 11.6 Å². The molecular weight excluding hydrogens is 278 g/mol. The quantitative estimate of drug-likeness (QED) is 0.796. The number of aromatic nitrogens is 3. The van der Waals surface area contributed by atoms with Gasteiger partial charge in [0.1, 0.15) is 11.3 Å². The molecule has 2 aromatic heterocycles. The van der Waals surface area contributed by atoms with Gasteiger partial charge in [-0.05, 0) is 25.3 Å². The van der Waals surface area contributed by atoms with E-state index in [1.165, 1.54) is 0 Å². The summed E-state index contributed by atoms with van der Waals surface area (Å²) in [7, 11) is 1.61. The average Bonchev–Trinajstić information content (AvgIpc) is 3.11. The van der Waals surface area contributed by atoms with Crippen LogP contribution in [0.25, 0.3) is 11.2 Å². The Morgan fingerprint density at radius 1 is 1.45 bits per heavy atom. The molecule has 0 aromatic carbocycles. The molecule has 1 fully saturated rings. The first-order valence-corrected chi connectivity index (χ1v) is 7.43. The van der Waals surface area contributed by atoms with Crippen LogP contribution in [0.5, 0.6) is 5.88 Å². The van der Waals surface area contributed by atoms with E-state index < -0.39 is 0 Å². The Morgan fingerprint density at radius 3 is 3.05 bits per heavy atom. The van der Waals surface area contributed by atoms with E-state index in [1.807, 2.05) is 12.1 Å². The first-order chi connectivity index (χ1) is 9.81. The van der Waals surface area contributed by atoms with E-state index in [4.69, 9.17) is 21.1 Å². The lowest BCUT2D eigenvalue weighted by Gasteiger charge is -2.11. The lowest BCUT2D eigenvalue weighted by atomic mass is 10.2. The number of hydrogen-bond donors (Lipinski definition) is 0. The van der Waals surface area contributed by atoms with Crippen molar-refractivity contribution in [3.8, 4) is 5.88 Å². The second-order valence-electron chi connectivity index (χ2n) is 4.93. The summed E-state index contributed by atoms with van der Waals surface area (Å²) in [6.07, 6.45) is 3.61. The normalized spacial score (nSPS) is 18.8. The highest BCUT2D eigenvalue weighted by atomic mass is 35.5. The van der Waals surface area contributed by atoms with Crippen molar-refractivity contribution in [1.29, 1.82) is 0 Å². The number of rotatable bonds is 5. The molecule has 20 heavy (non-hydrogen) atoms. The Hall–Kier alpha value is -1.33. The van der Waals surface area contributed by atoms with E-state index in [-0.39, 0.29) is 0 Å². The van der Waals surface area contributed by atoms with Gasteiger partial charge in [-0.25, -0.2) is 4.98 Å². The van der Waals surface area contributed by atoms with Gasteiger partial charge in [-0.1, -0.05) is 0 Å². The Labute approximate surface area is 122 Å². The molecule has 108 valence electrons. The number of pyridine rings is 1. The Balaban J connectivity index is 1.89. The molecule has 3 heterocycles. The number of nitrogens with zero attached hydrogens (tertiary/aromatic N) is 3. The van der Waals surface area contributed by atoms with Gasteiger partial charge in [0.05, 0.1) is 19.1 Å². The topological polar surface area (TPSA) is 49.2 Å². The second kappa shape index (κ2) is 5.97. The van der Waals surface area contributed by atoms with Gasteiger partial charge in [-0.3, -0.25) is 0 Å². The molecule has 5 nitrogen and oxygen atoms in total. The highest BCUT2D eigenvalue weighted by Gasteiger charge is 2.18. The molecule has 0 saturated carbocycles. The molecule has 1 saturated heterocycles. The van der Waals surface area contributed by atoms with Gasteiger partial charge in [0.25, 0.3) is 0 Å². The summed E-state index contributed by atoms with van der Waals surface area (Å²) >= 11 is 6.00. The van der Waals surface area contributed by atoms with E-state index in [1.54, 1.807) is 7.11 Å². The number of halogens is 1. The van der Waals surface area contributed by atoms with Crippen molar-refractivity contribution in [2.75, 3.05) is 13.7 Å². The summed E-state index contributed by atoms with van der Waals surface area (Å²) in [6, 6.07) is 3.73. The molecule has 6 heteroatoms. The highest BCUT2D eigenvalue weighted by Crippen LogP contribution is 2.22. The fourth-order valence-electron chi connectivity index (χ4n) is 2.63. The third-order valence-electron chi connectivity index (χ3n) is 3.67. The van der Waals surface area contributed by atoms with Crippen molar-refractivity contribution in [3.63, 3.8) is 0 Å². The van der Waals surface area contributed by atoms with Gasteiger partial charge < -0.3 is 14.0 Å². The number of hydrogen-bond acceptors (Lipinski definition) is 4. The molecule has 3 rings (SSSR count). The van der Waals surface area contributed by atoms with Gasteiger partial charge in [0, 0.05) is 19.2 Å². The summed E-state index contributed by atoms with van der Waals surface area (Å²) in [4.78, 5) is 9.01. The largest absolute Gasteiger partial charge is 0.481 e. The van der Waals surface area contributed by atoms with E-state index in [0.29, 0.717) is 17.9 Å².